The van der Waals surface area contributed by atoms with Crippen molar-refractivity contribution in [2.75, 3.05) is 18.1 Å². The Hall–Kier alpha value is -2.97. The number of nitrogens with two attached hydrogens (primary N) is 1. The molecule has 1 fully saturated rings. The first-order valence-electron chi connectivity index (χ1n) is 11.5. The van der Waals surface area contributed by atoms with Gasteiger partial charge in [-0.3, -0.25) is 14.5 Å². The fraction of sp³-hybridized carbons (Fsp3) is 0.455. The standard InChI is InChI=1S/C22H24N6O5S3/c1-2-33-26-15(12-9-35-22(23)24-12)18(29)25-16-19(30)28-17(21(31)32)11(8-34-20(16)28)7-27-10-36-14-6-4-3-5-13(14)27/h9-10,16,20H,2-8H2,1H3,(H3-,23,24,25,29,31,32)/b26-15+/t16-,20-/m1/s1. The Morgan fingerprint density at radius 2 is 2.17 bits per heavy atom. The maximum atomic E-state index is 13.1. The highest BCUT2D eigenvalue weighted by Gasteiger charge is 2.53. The zero-order chi connectivity index (χ0) is 25.4. The Kier molecular flexibility index (Phi) is 6.99. The first-order valence-corrected chi connectivity index (χ1v) is 14.3. The number of fused-ring (bicyclic) bond motifs is 2. The van der Waals surface area contributed by atoms with Crippen molar-refractivity contribution in [2.45, 2.75) is 50.6 Å². The molecular formula is C22H24N6O5S3. The maximum absolute atomic E-state index is 13.1. The fourth-order valence-corrected chi connectivity index (χ4v) is 7.51. The number of nitrogens with zero attached hydrogens (tertiary/aromatic N) is 4. The van der Waals surface area contributed by atoms with Crippen molar-refractivity contribution < 1.29 is 28.9 Å². The molecule has 3 aliphatic rings. The number of hydrogen-bond donors (Lipinski definition) is 2. The molecule has 3 N–H and O–H groups in total. The number of carboxylic acid groups (broad SMARTS) is 1. The molecule has 4 heterocycles. The summed E-state index contributed by atoms with van der Waals surface area (Å²) < 4.78 is 2.10. The van der Waals surface area contributed by atoms with E-state index >= 15 is 0 Å². The van der Waals surface area contributed by atoms with Gasteiger partial charge in [-0.2, -0.15) is 4.57 Å². The quantitative estimate of drug-likeness (QED) is 0.199. The van der Waals surface area contributed by atoms with Gasteiger partial charge < -0.3 is 25.8 Å². The number of thioether (sulfide) groups is 1. The van der Waals surface area contributed by atoms with Gasteiger partial charge in [0.25, 0.3) is 11.8 Å². The van der Waals surface area contributed by atoms with Crippen molar-refractivity contribution in [2.24, 2.45) is 5.16 Å². The number of hydrogen-bond acceptors (Lipinski definition) is 11. The van der Waals surface area contributed by atoms with E-state index in [2.05, 4.69) is 20.0 Å². The summed E-state index contributed by atoms with van der Waals surface area (Å²) in [6, 6.07) is -0.914. The van der Waals surface area contributed by atoms with E-state index in [1.807, 2.05) is 5.51 Å². The Morgan fingerprint density at radius 3 is 2.89 bits per heavy atom. The van der Waals surface area contributed by atoms with Gasteiger partial charge in [-0.05, 0) is 26.2 Å². The zero-order valence-corrected chi connectivity index (χ0v) is 21.8. The highest BCUT2D eigenvalue weighted by Crippen LogP contribution is 2.40. The molecule has 36 heavy (non-hydrogen) atoms. The number of carboxylic acids is 1. The van der Waals surface area contributed by atoms with Gasteiger partial charge in [0.05, 0.1) is 16.5 Å². The molecule has 0 saturated carbocycles. The van der Waals surface area contributed by atoms with E-state index in [9.17, 15) is 19.5 Å². The lowest BCUT2D eigenvalue weighted by Gasteiger charge is -2.50. The number of aliphatic carboxylic acids is 1. The smallest absolute Gasteiger partial charge is 0.276 e. The largest absolute Gasteiger partial charge is 0.543 e. The van der Waals surface area contributed by atoms with E-state index in [-0.39, 0.29) is 28.8 Å². The molecule has 0 bridgehead atoms. The van der Waals surface area contributed by atoms with Crippen LogP contribution in [0.25, 0.3) is 0 Å². The molecule has 2 aromatic heterocycles. The number of β-lactam (4-membered cyclic amide) rings is 1. The molecule has 0 radical (unpaired) electrons. The third-order valence-corrected chi connectivity index (χ3v) is 9.31. The lowest BCUT2D eigenvalue weighted by molar-refractivity contribution is -0.692. The average molecular weight is 549 g/mol. The van der Waals surface area contributed by atoms with Crippen molar-refractivity contribution in [1.82, 2.24) is 15.2 Å². The monoisotopic (exact) mass is 548 g/mol. The molecule has 14 heteroatoms. The summed E-state index contributed by atoms with van der Waals surface area (Å²) in [6.45, 7) is 2.35. The summed E-state index contributed by atoms with van der Waals surface area (Å²) in [6.07, 6.45) is 4.29. The van der Waals surface area contributed by atoms with Gasteiger partial charge in [0.15, 0.2) is 23.1 Å². The molecule has 2 amide bonds. The molecular weight excluding hydrogens is 524 g/mol. The second kappa shape index (κ2) is 10.2. The Morgan fingerprint density at radius 1 is 1.36 bits per heavy atom. The molecule has 11 nitrogen and oxygen atoms in total. The van der Waals surface area contributed by atoms with E-state index in [4.69, 9.17) is 10.6 Å². The van der Waals surface area contributed by atoms with Gasteiger partial charge in [0, 0.05) is 23.1 Å². The third kappa shape index (κ3) is 4.48. The van der Waals surface area contributed by atoms with E-state index in [0.717, 1.165) is 30.6 Å². The summed E-state index contributed by atoms with van der Waals surface area (Å²) in [5.74, 6) is -2.15. The van der Waals surface area contributed by atoms with Gasteiger partial charge in [-0.25, -0.2) is 4.98 Å². The number of nitrogen functional groups attached to an aromatic ring is 1. The number of aromatic nitrogens is 2. The van der Waals surface area contributed by atoms with Crippen LogP contribution >= 0.6 is 34.4 Å². The minimum absolute atomic E-state index is 0.104. The van der Waals surface area contributed by atoms with E-state index in [1.54, 1.807) is 23.6 Å². The number of anilines is 1. The summed E-state index contributed by atoms with van der Waals surface area (Å²) in [4.78, 5) is 49.9. The predicted molar refractivity (Wildman–Crippen MR) is 133 cm³/mol. The molecule has 1 saturated heterocycles. The lowest BCUT2D eigenvalue weighted by Crippen LogP contribution is -2.71. The molecule has 2 aromatic rings. The Labute approximate surface area is 219 Å². The van der Waals surface area contributed by atoms with Crippen molar-refractivity contribution >= 4 is 63.1 Å². The van der Waals surface area contributed by atoms with Crippen molar-refractivity contribution in [1.29, 1.82) is 0 Å². The Balaban J connectivity index is 1.35. The van der Waals surface area contributed by atoms with E-state index < -0.39 is 29.2 Å². The van der Waals surface area contributed by atoms with E-state index in [0.29, 0.717) is 17.9 Å². The molecule has 1 aliphatic carbocycles. The van der Waals surface area contributed by atoms with Gasteiger partial charge in [-0.1, -0.05) is 16.5 Å². The van der Waals surface area contributed by atoms with Crippen LogP contribution in [0.15, 0.2) is 27.3 Å². The van der Waals surface area contributed by atoms with Crippen LogP contribution in [0.2, 0.25) is 0 Å². The van der Waals surface area contributed by atoms with Crippen LogP contribution in [-0.2, 0) is 38.6 Å². The molecule has 0 spiro atoms. The second-order valence-electron chi connectivity index (χ2n) is 8.46. The first-order chi connectivity index (χ1) is 17.4. The number of rotatable bonds is 8. The van der Waals surface area contributed by atoms with Crippen molar-refractivity contribution in [3.8, 4) is 0 Å². The number of carbonyl (C=O) groups excluding carboxylic acids is 3. The predicted octanol–water partition coefficient (Wildman–Crippen LogP) is -0.202. The number of aryl methyl sites for hydroxylation is 1. The zero-order valence-electron chi connectivity index (χ0n) is 19.4. The average Bonchev–Trinajstić information content (AvgIpc) is 3.48. The topological polar surface area (TPSA) is 154 Å². The third-order valence-electron chi connectivity index (χ3n) is 6.21. The number of carbonyl (C=O) groups is 3. The number of amides is 2. The van der Waals surface area contributed by atoms with Crippen molar-refractivity contribution in [3.05, 3.63) is 38.4 Å². The van der Waals surface area contributed by atoms with Gasteiger partial charge in [-0.15, -0.1) is 23.1 Å². The summed E-state index contributed by atoms with van der Waals surface area (Å²) in [7, 11) is 0. The lowest BCUT2D eigenvalue weighted by atomic mass is 10.0. The van der Waals surface area contributed by atoms with E-state index in [1.165, 1.54) is 33.7 Å². The SMILES string of the molecule is CCO/N=C(/C(=O)N[C@@H]1C(=O)N2C(C(=O)[O-])=C(C[n+]3csc4c3CCCC4)CS[C@H]12)c1csc(N)n1. The minimum Gasteiger partial charge on any atom is -0.543 e. The highest BCUT2D eigenvalue weighted by molar-refractivity contribution is 8.00. The van der Waals surface area contributed by atoms with Crippen LogP contribution in [-0.4, -0.2) is 57.2 Å². The molecule has 2 atom stereocenters. The van der Waals surface area contributed by atoms with Crippen LogP contribution in [0, 0.1) is 0 Å². The molecule has 190 valence electrons. The van der Waals surface area contributed by atoms with Crippen LogP contribution in [0.5, 0.6) is 0 Å². The molecule has 0 aromatic carbocycles. The summed E-state index contributed by atoms with van der Waals surface area (Å²) in [5.41, 5.74) is 9.60. The van der Waals surface area contributed by atoms with Gasteiger partial charge in [0.2, 0.25) is 5.51 Å². The van der Waals surface area contributed by atoms with Crippen LogP contribution in [0.1, 0.15) is 36.0 Å². The minimum atomic E-state index is -1.39. The number of thiazole rings is 2. The van der Waals surface area contributed by atoms with Gasteiger partial charge in [0.1, 0.15) is 23.7 Å². The second-order valence-corrected chi connectivity index (χ2v) is 11.4. The highest BCUT2D eigenvalue weighted by atomic mass is 32.2. The van der Waals surface area contributed by atoms with Crippen molar-refractivity contribution in [3.63, 3.8) is 0 Å². The molecule has 0 unspecified atom stereocenters. The summed E-state index contributed by atoms with van der Waals surface area (Å²) >= 11 is 4.25. The number of oxime groups is 1. The number of nitrogens with one attached hydrogen (secondary N) is 1. The molecule has 2 aliphatic heterocycles. The fourth-order valence-electron chi connectivity index (χ4n) is 4.55. The van der Waals surface area contributed by atoms with Gasteiger partial charge >= 0.3 is 0 Å². The maximum Gasteiger partial charge on any atom is 0.276 e. The Bertz CT molecular complexity index is 1280. The molecule has 5 rings (SSSR count). The van der Waals surface area contributed by atoms with Crippen LogP contribution < -0.4 is 20.7 Å². The van der Waals surface area contributed by atoms with Crippen LogP contribution in [0.3, 0.4) is 0 Å². The van der Waals surface area contributed by atoms with Crippen LogP contribution in [0.4, 0.5) is 5.13 Å². The first kappa shape index (κ1) is 24.7. The normalized spacial score (nSPS) is 21.5. The summed E-state index contributed by atoms with van der Waals surface area (Å²) in [5, 5.41) is 19.9.